The van der Waals surface area contributed by atoms with Crippen molar-refractivity contribution in [3.05, 3.63) is 0 Å². The molecule has 0 saturated carbocycles. The fraction of sp³-hybridized carbons (Fsp3) is 0. The maximum atomic E-state index is 8.67. The van der Waals surface area contributed by atoms with Crippen LogP contribution in [-0.4, -0.2) is 35.2 Å². The molecule has 0 heterocycles. The molecule has 0 unspecified atom stereocenters. The zero-order valence-electron chi connectivity index (χ0n) is 4.21. The number of hydrogen-bond acceptors (Lipinski definition) is 1. The van der Waals surface area contributed by atoms with Crippen molar-refractivity contribution in [3.63, 3.8) is 0 Å². The van der Waals surface area contributed by atoms with E-state index in [1.54, 1.807) is 0 Å². The monoisotopic (exact) mass is 392 g/mol. The van der Waals surface area contributed by atoms with E-state index in [9.17, 15) is 0 Å². The Labute approximate surface area is 77.6 Å². The second kappa shape index (κ2) is 36.2. The molecule has 0 amide bonds. The summed E-state index contributed by atoms with van der Waals surface area (Å²) in [5.74, 6) is 0. The maximum absolute atomic E-state index is 8.67. The van der Waals surface area contributed by atoms with E-state index in [4.69, 9.17) is 13.3 Å². The summed E-state index contributed by atoms with van der Waals surface area (Å²) < 4.78 is 22.8. The van der Waals surface area contributed by atoms with Crippen LogP contribution in [0.3, 0.4) is 0 Å². The van der Waals surface area contributed by atoms with E-state index in [1.807, 2.05) is 0 Å². The van der Waals surface area contributed by atoms with Gasteiger partial charge in [-0.1, -0.05) is 0 Å². The fourth-order valence-electron chi connectivity index (χ4n) is 0. The molecule has 0 fully saturated rings. The Morgan fingerprint density at radius 1 is 0.889 bits per heavy atom. The third kappa shape index (κ3) is 469. The molecule has 0 aliphatic carbocycles. The fourth-order valence-corrected chi connectivity index (χ4v) is 0. The van der Waals surface area contributed by atoms with Gasteiger partial charge in [0.25, 0.3) is 11.4 Å². The minimum atomic E-state index is -2.61. The van der Waals surface area contributed by atoms with Gasteiger partial charge in [0, 0.05) is 31.1 Å². The molecule has 0 aromatic rings. The van der Waals surface area contributed by atoms with Crippen LogP contribution in [0.1, 0.15) is 0 Å². The molecule has 10 N–H and O–H groups in total. The van der Waals surface area contributed by atoms with E-state index < -0.39 is 11.4 Å². The van der Waals surface area contributed by atoms with Crippen molar-refractivity contribution in [2.24, 2.45) is 0 Å². The summed E-state index contributed by atoms with van der Waals surface area (Å²) in [6, 6.07) is 0. The summed E-state index contributed by atoms with van der Waals surface area (Å²) in [4.78, 5) is 0. The molecular weight excluding hydrogens is 382 g/mol. The Kier molecular flexibility index (Phi) is 205. The van der Waals surface area contributed by atoms with Gasteiger partial charge in [-0.25, -0.2) is 0 Å². The normalized spacial score (nSPS) is 3.89. The van der Waals surface area contributed by atoms with E-state index in [2.05, 4.69) is 0 Å². The first-order chi connectivity index (χ1) is 1.73. The topological polar surface area (TPSA) is 184 Å². The van der Waals surface area contributed by atoms with E-state index in [0.717, 1.165) is 0 Å². The second-order valence-electron chi connectivity index (χ2n) is 0.231. The first-order valence-electron chi connectivity index (χ1n) is 0.532. The molecule has 0 radical (unpaired) electrons. The zero-order valence-corrected chi connectivity index (χ0v) is 9.19. The van der Waals surface area contributed by atoms with E-state index >= 15 is 0 Å². The van der Waals surface area contributed by atoms with Gasteiger partial charge < -0.3 is 21.9 Å². The standard InChI is InChI=1S/H2O3S.4H2O.U/c1-4(2)3;;;;;/h(H2,1,2,3);4*1H2;. The van der Waals surface area contributed by atoms with E-state index in [1.165, 1.54) is 0 Å². The molecule has 9 heteroatoms. The van der Waals surface area contributed by atoms with Crippen molar-refractivity contribution in [1.82, 2.24) is 0 Å². The van der Waals surface area contributed by atoms with Gasteiger partial charge in [0.1, 0.15) is 0 Å². The smallest absolute Gasteiger partial charge is 0.299 e. The molecule has 62 valence electrons. The van der Waals surface area contributed by atoms with Gasteiger partial charge in [-0.15, -0.1) is 0 Å². The number of rotatable bonds is 0. The maximum Gasteiger partial charge on any atom is 0.299 e. The average molecular weight is 392 g/mol. The molecule has 7 nitrogen and oxygen atoms in total. The van der Waals surface area contributed by atoms with Crippen LogP contribution in [0.2, 0.25) is 0 Å². The van der Waals surface area contributed by atoms with Gasteiger partial charge in [-0.3, -0.25) is 9.11 Å². The summed E-state index contributed by atoms with van der Waals surface area (Å²) >= 11 is -2.61. The Hall–Kier alpha value is 0.962. The van der Waals surface area contributed by atoms with E-state index in [-0.39, 0.29) is 53.0 Å². The molecule has 0 aliphatic heterocycles. The van der Waals surface area contributed by atoms with Crippen LogP contribution in [-0.2, 0) is 11.4 Å². The van der Waals surface area contributed by atoms with Crippen LogP contribution in [0.25, 0.3) is 0 Å². The van der Waals surface area contributed by atoms with Gasteiger partial charge in [0.05, 0.1) is 0 Å². The largest absolute Gasteiger partial charge is 0.412 e. The third-order valence-corrected chi connectivity index (χ3v) is 0. The molecule has 0 saturated heterocycles. The van der Waals surface area contributed by atoms with Crippen LogP contribution in [0.4, 0.5) is 0 Å². The molecule has 9 heavy (non-hydrogen) atoms. The Balaban J connectivity index is -0.00000000450. The van der Waals surface area contributed by atoms with Crippen molar-refractivity contribution < 1.29 is 66.3 Å². The molecule has 0 aromatic heterocycles. The zero-order chi connectivity index (χ0) is 3.58. The molecular formula is H10O7SU. The van der Waals surface area contributed by atoms with Crippen molar-refractivity contribution in [3.8, 4) is 0 Å². The first-order valence-corrected chi connectivity index (χ1v) is 1.60. The average Bonchev–Trinajstić information content (AvgIpc) is 0.811. The summed E-state index contributed by atoms with van der Waals surface area (Å²) in [7, 11) is 0. The SMILES string of the molecule is O.O.O.O.O=S(O)O.[U]. The van der Waals surface area contributed by atoms with Gasteiger partial charge in [0.15, 0.2) is 0 Å². The predicted molar refractivity (Wildman–Crippen MR) is 27.9 cm³/mol. The van der Waals surface area contributed by atoms with Gasteiger partial charge >= 0.3 is 0 Å². The van der Waals surface area contributed by atoms with Crippen LogP contribution >= 0.6 is 0 Å². The van der Waals surface area contributed by atoms with Crippen molar-refractivity contribution in [2.45, 2.75) is 0 Å². The minimum Gasteiger partial charge on any atom is -0.412 e. The second-order valence-corrected chi connectivity index (χ2v) is 0.692. The quantitative estimate of drug-likeness (QED) is 0.404. The summed E-state index contributed by atoms with van der Waals surface area (Å²) in [5, 5.41) is 0. The van der Waals surface area contributed by atoms with Gasteiger partial charge in [0.2, 0.25) is 0 Å². The predicted octanol–water partition coefficient (Wildman–Crippen LogP) is -3.62. The number of hydrogen-bond donors (Lipinski definition) is 2. The first kappa shape index (κ1) is 51.0. The summed E-state index contributed by atoms with van der Waals surface area (Å²) in [6.45, 7) is 0. The molecule has 0 rings (SSSR count). The van der Waals surface area contributed by atoms with Crippen LogP contribution in [0.15, 0.2) is 0 Å². The molecule has 0 bridgehead atoms. The van der Waals surface area contributed by atoms with Crippen molar-refractivity contribution in [1.29, 1.82) is 0 Å². The van der Waals surface area contributed by atoms with Crippen molar-refractivity contribution in [2.75, 3.05) is 0 Å². The van der Waals surface area contributed by atoms with Crippen LogP contribution in [0.5, 0.6) is 0 Å². The molecule has 0 spiro atoms. The molecule has 0 aromatic carbocycles. The Morgan fingerprint density at radius 2 is 0.889 bits per heavy atom. The molecule has 0 aliphatic rings. The Morgan fingerprint density at radius 3 is 0.889 bits per heavy atom. The summed E-state index contributed by atoms with van der Waals surface area (Å²) in [5.41, 5.74) is 0. The van der Waals surface area contributed by atoms with Gasteiger partial charge in [-0.2, -0.15) is 4.21 Å². The Bertz CT molecular complexity index is 31.9. The summed E-state index contributed by atoms with van der Waals surface area (Å²) in [6.07, 6.45) is 0. The third-order valence-electron chi connectivity index (χ3n) is 0. The minimum absolute atomic E-state index is 0. The van der Waals surface area contributed by atoms with Crippen LogP contribution < -0.4 is 0 Å². The van der Waals surface area contributed by atoms with Gasteiger partial charge in [-0.05, 0) is 0 Å². The van der Waals surface area contributed by atoms with Crippen molar-refractivity contribution >= 4 is 11.4 Å². The van der Waals surface area contributed by atoms with Crippen LogP contribution in [0, 0.1) is 31.1 Å². The molecule has 0 atom stereocenters. The van der Waals surface area contributed by atoms with E-state index in [0.29, 0.717) is 0 Å².